The van der Waals surface area contributed by atoms with Crippen molar-refractivity contribution in [2.75, 3.05) is 25.5 Å². The van der Waals surface area contributed by atoms with Crippen LogP contribution in [-0.4, -0.2) is 50.5 Å². The number of anilines is 1. The molecule has 1 aromatic rings. The SMILES string of the molecule is CC(C)NS(=O)(=O)c1ccc(NCCCN(C)C2CCCCC2)nc1. The van der Waals surface area contributed by atoms with Crippen LogP contribution in [0, 0.1) is 0 Å². The van der Waals surface area contributed by atoms with Gasteiger partial charge in [0.2, 0.25) is 10.0 Å². The monoisotopic (exact) mass is 368 g/mol. The Morgan fingerprint density at radius 3 is 2.56 bits per heavy atom. The van der Waals surface area contributed by atoms with Crippen LogP contribution in [0.2, 0.25) is 0 Å². The van der Waals surface area contributed by atoms with Gasteiger partial charge >= 0.3 is 0 Å². The molecule has 1 aliphatic carbocycles. The molecule has 1 fully saturated rings. The van der Waals surface area contributed by atoms with Gasteiger partial charge in [-0.3, -0.25) is 0 Å². The van der Waals surface area contributed by atoms with Crippen LogP contribution in [-0.2, 0) is 10.0 Å². The molecule has 0 atom stereocenters. The van der Waals surface area contributed by atoms with Crippen LogP contribution in [0.4, 0.5) is 5.82 Å². The van der Waals surface area contributed by atoms with Crippen molar-refractivity contribution in [1.82, 2.24) is 14.6 Å². The van der Waals surface area contributed by atoms with E-state index in [4.69, 9.17) is 0 Å². The average Bonchev–Trinajstić information content (AvgIpc) is 2.58. The number of nitrogens with one attached hydrogen (secondary N) is 2. The van der Waals surface area contributed by atoms with E-state index in [0.29, 0.717) is 5.82 Å². The smallest absolute Gasteiger partial charge is 0.242 e. The molecule has 0 bridgehead atoms. The Labute approximate surface area is 152 Å². The van der Waals surface area contributed by atoms with Crippen LogP contribution in [0.3, 0.4) is 0 Å². The van der Waals surface area contributed by atoms with Crippen molar-refractivity contribution in [2.24, 2.45) is 0 Å². The molecule has 6 nitrogen and oxygen atoms in total. The van der Waals surface area contributed by atoms with Gasteiger partial charge in [0.25, 0.3) is 0 Å². The van der Waals surface area contributed by atoms with E-state index in [1.807, 2.05) is 0 Å². The Morgan fingerprint density at radius 1 is 1.24 bits per heavy atom. The van der Waals surface area contributed by atoms with Crippen molar-refractivity contribution >= 4 is 15.8 Å². The Bertz CT molecular complexity index is 610. The van der Waals surface area contributed by atoms with Crippen LogP contribution < -0.4 is 10.0 Å². The molecule has 0 unspecified atom stereocenters. The fourth-order valence-electron chi connectivity index (χ4n) is 3.27. The second-order valence-corrected chi connectivity index (χ2v) is 8.92. The molecule has 0 aromatic carbocycles. The third kappa shape index (κ3) is 6.56. The van der Waals surface area contributed by atoms with Crippen LogP contribution in [0.1, 0.15) is 52.4 Å². The molecule has 1 aliphatic rings. The molecular formula is C18H32N4O2S. The minimum absolute atomic E-state index is 0.135. The zero-order valence-corrected chi connectivity index (χ0v) is 16.5. The minimum atomic E-state index is -3.47. The van der Waals surface area contributed by atoms with Crippen LogP contribution >= 0.6 is 0 Å². The third-order valence-electron chi connectivity index (χ3n) is 4.63. The number of hydrogen-bond acceptors (Lipinski definition) is 5. The molecule has 0 saturated heterocycles. The van der Waals surface area contributed by atoms with Crippen molar-refractivity contribution in [3.8, 4) is 0 Å². The summed E-state index contributed by atoms with van der Waals surface area (Å²) >= 11 is 0. The molecule has 0 aliphatic heterocycles. The summed E-state index contributed by atoms with van der Waals surface area (Å²) in [7, 11) is -1.25. The van der Waals surface area contributed by atoms with Crippen LogP contribution in [0.25, 0.3) is 0 Å². The van der Waals surface area contributed by atoms with E-state index in [0.717, 1.165) is 25.6 Å². The molecule has 0 radical (unpaired) electrons. The molecular weight excluding hydrogens is 336 g/mol. The van der Waals surface area contributed by atoms with Gasteiger partial charge in [-0.1, -0.05) is 19.3 Å². The molecule has 0 amide bonds. The fraction of sp³-hybridized carbons (Fsp3) is 0.722. The molecule has 7 heteroatoms. The zero-order chi connectivity index (χ0) is 18.3. The van der Waals surface area contributed by atoms with E-state index in [1.54, 1.807) is 26.0 Å². The summed E-state index contributed by atoms with van der Waals surface area (Å²) in [5.74, 6) is 0.712. The highest BCUT2D eigenvalue weighted by atomic mass is 32.2. The van der Waals surface area contributed by atoms with Crippen molar-refractivity contribution in [2.45, 2.75) is 69.4 Å². The van der Waals surface area contributed by atoms with Crippen LogP contribution in [0.15, 0.2) is 23.2 Å². The average molecular weight is 369 g/mol. The lowest BCUT2D eigenvalue weighted by Gasteiger charge is -2.31. The Kier molecular flexibility index (Phi) is 7.65. The highest BCUT2D eigenvalue weighted by Gasteiger charge is 2.17. The minimum Gasteiger partial charge on any atom is -0.370 e. The Morgan fingerprint density at radius 2 is 1.96 bits per heavy atom. The predicted molar refractivity (Wildman–Crippen MR) is 102 cm³/mol. The second kappa shape index (κ2) is 9.50. The number of aromatic nitrogens is 1. The fourth-order valence-corrected chi connectivity index (χ4v) is 4.47. The third-order valence-corrected chi connectivity index (χ3v) is 6.27. The summed E-state index contributed by atoms with van der Waals surface area (Å²) in [6.45, 7) is 5.50. The van der Waals surface area contributed by atoms with E-state index in [2.05, 4.69) is 27.0 Å². The number of sulfonamides is 1. The first-order valence-corrected chi connectivity index (χ1v) is 10.8. The van der Waals surface area contributed by atoms with E-state index in [9.17, 15) is 8.42 Å². The van der Waals surface area contributed by atoms with Crippen molar-refractivity contribution in [3.05, 3.63) is 18.3 Å². The predicted octanol–water partition coefficient (Wildman–Crippen LogP) is 2.83. The second-order valence-electron chi connectivity index (χ2n) is 7.21. The highest BCUT2D eigenvalue weighted by molar-refractivity contribution is 7.89. The normalized spacial score (nSPS) is 16.5. The van der Waals surface area contributed by atoms with Gasteiger partial charge in [-0.15, -0.1) is 0 Å². The maximum atomic E-state index is 12.1. The molecule has 1 heterocycles. The van der Waals surface area contributed by atoms with E-state index < -0.39 is 10.0 Å². The summed E-state index contributed by atoms with van der Waals surface area (Å²) in [6, 6.07) is 3.92. The quantitative estimate of drug-likeness (QED) is 0.656. The van der Waals surface area contributed by atoms with Gasteiger partial charge < -0.3 is 10.2 Å². The molecule has 1 aromatic heterocycles. The maximum Gasteiger partial charge on any atom is 0.242 e. The highest BCUT2D eigenvalue weighted by Crippen LogP contribution is 2.21. The Balaban J connectivity index is 1.74. The summed E-state index contributed by atoms with van der Waals surface area (Å²) in [4.78, 5) is 6.89. The van der Waals surface area contributed by atoms with Crippen LogP contribution in [0.5, 0.6) is 0 Å². The van der Waals surface area contributed by atoms with E-state index >= 15 is 0 Å². The van der Waals surface area contributed by atoms with E-state index in [1.165, 1.54) is 38.3 Å². The summed E-state index contributed by atoms with van der Waals surface area (Å²) < 4.78 is 26.7. The molecule has 2 rings (SSSR count). The van der Waals surface area contributed by atoms with Crippen molar-refractivity contribution < 1.29 is 8.42 Å². The lowest BCUT2D eigenvalue weighted by atomic mass is 9.94. The first kappa shape index (κ1) is 20.1. The molecule has 142 valence electrons. The Hall–Kier alpha value is -1.18. The van der Waals surface area contributed by atoms with Gasteiger partial charge in [0, 0.05) is 24.8 Å². The van der Waals surface area contributed by atoms with Gasteiger partial charge in [-0.2, -0.15) is 0 Å². The van der Waals surface area contributed by atoms with Gasteiger partial charge in [0.15, 0.2) is 0 Å². The number of nitrogens with zero attached hydrogens (tertiary/aromatic N) is 2. The first-order valence-electron chi connectivity index (χ1n) is 9.31. The van der Waals surface area contributed by atoms with E-state index in [-0.39, 0.29) is 10.9 Å². The summed E-state index contributed by atoms with van der Waals surface area (Å²) in [5, 5.41) is 3.27. The van der Waals surface area contributed by atoms with Gasteiger partial charge in [-0.25, -0.2) is 18.1 Å². The lowest BCUT2D eigenvalue weighted by Crippen LogP contribution is -2.34. The lowest BCUT2D eigenvalue weighted by molar-refractivity contribution is 0.191. The van der Waals surface area contributed by atoms with Gasteiger partial charge in [0.05, 0.1) is 0 Å². The molecule has 1 saturated carbocycles. The maximum absolute atomic E-state index is 12.1. The van der Waals surface area contributed by atoms with Gasteiger partial charge in [0.1, 0.15) is 10.7 Å². The standard InChI is InChI=1S/C18H32N4O2S/c1-15(2)21-25(23,24)17-10-11-18(20-14-17)19-12-7-13-22(3)16-8-5-4-6-9-16/h10-11,14-16,21H,4-9,12-13H2,1-3H3,(H,19,20). The molecule has 0 spiro atoms. The molecule has 25 heavy (non-hydrogen) atoms. The van der Waals surface area contributed by atoms with Gasteiger partial charge in [-0.05, 0) is 58.8 Å². The number of rotatable bonds is 9. The molecule has 2 N–H and O–H groups in total. The summed E-state index contributed by atoms with van der Waals surface area (Å²) in [6.07, 6.45) is 9.20. The largest absolute Gasteiger partial charge is 0.370 e. The topological polar surface area (TPSA) is 74.3 Å². The number of pyridine rings is 1. The summed E-state index contributed by atoms with van der Waals surface area (Å²) in [5.41, 5.74) is 0. The first-order chi connectivity index (χ1) is 11.9. The van der Waals surface area contributed by atoms with Crippen molar-refractivity contribution in [1.29, 1.82) is 0 Å². The zero-order valence-electron chi connectivity index (χ0n) is 15.7. The van der Waals surface area contributed by atoms with Crippen molar-refractivity contribution in [3.63, 3.8) is 0 Å². The number of hydrogen-bond donors (Lipinski definition) is 2.